The van der Waals surface area contributed by atoms with E-state index in [1.807, 2.05) is 0 Å². The second-order valence-corrected chi connectivity index (χ2v) is 8.60. The monoisotopic (exact) mass is 329 g/mol. The van der Waals surface area contributed by atoms with Gasteiger partial charge in [0, 0.05) is 12.4 Å². The van der Waals surface area contributed by atoms with Gasteiger partial charge in [0.05, 0.1) is 11.2 Å². The summed E-state index contributed by atoms with van der Waals surface area (Å²) in [7, 11) is 4.20. The highest BCUT2D eigenvalue weighted by Gasteiger charge is 2.62. The number of allylic oxidation sites excluding steroid dienone is 3. The van der Waals surface area contributed by atoms with E-state index < -0.39 is 0 Å². The van der Waals surface area contributed by atoms with Crippen molar-refractivity contribution in [2.75, 3.05) is 20.6 Å². The molecule has 4 aliphatic rings. The van der Waals surface area contributed by atoms with Gasteiger partial charge in [-0.3, -0.25) is 0 Å². The molecule has 1 heterocycles. The van der Waals surface area contributed by atoms with Gasteiger partial charge in [-0.25, -0.2) is 0 Å². The maximum atomic E-state index is 6.85. The van der Waals surface area contributed by atoms with Gasteiger partial charge in [0.2, 0.25) is 0 Å². The summed E-state index contributed by atoms with van der Waals surface area (Å²) in [4.78, 5) is 2.24. The molecule has 0 bridgehead atoms. The molecule has 4 heteroatoms. The minimum absolute atomic E-state index is 0.00398. The quantitative estimate of drug-likeness (QED) is 0.718. The van der Waals surface area contributed by atoms with Crippen LogP contribution < -0.4 is 0 Å². The molecule has 1 saturated heterocycles. The molecule has 0 radical (unpaired) electrons. The number of nitrogens with zero attached hydrogens (tertiary/aromatic N) is 1. The molecule has 0 aromatic carbocycles. The molecule has 0 aromatic heterocycles. The van der Waals surface area contributed by atoms with E-state index >= 15 is 0 Å². The predicted molar refractivity (Wildman–Crippen MR) is 99.1 cm³/mol. The average molecular weight is 329 g/mol. The van der Waals surface area contributed by atoms with Gasteiger partial charge in [-0.15, -0.1) is 0 Å². The minimum atomic E-state index is -0.0776. The van der Waals surface area contributed by atoms with Gasteiger partial charge < -0.3 is 14.2 Å². The molecule has 1 atom stereocenters. The lowest BCUT2D eigenvalue weighted by Gasteiger charge is -2.48. The molecular weight excluding hydrogens is 297 g/mol. The van der Waals surface area contributed by atoms with Crippen molar-refractivity contribution in [2.45, 2.75) is 81.2 Å². The van der Waals surface area contributed by atoms with Crippen molar-refractivity contribution < 1.29 is 9.31 Å². The Balaban J connectivity index is 1.58. The first-order valence-corrected chi connectivity index (χ1v) is 10.0. The molecule has 3 aliphatic carbocycles. The molecule has 3 fully saturated rings. The molecule has 1 unspecified atom stereocenters. The molecule has 2 spiro atoms. The van der Waals surface area contributed by atoms with Crippen molar-refractivity contribution in [1.29, 1.82) is 0 Å². The number of rotatable bonds is 3. The first kappa shape index (κ1) is 16.9. The Morgan fingerprint density at radius 3 is 2.00 bits per heavy atom. The van der Waals surface area contributed by atoms with Crippen LogP contribution in [-0.2, 0) is 9.31 Å². The lowest BCUT2D eigenvalue weighted by Crippen LogP contribution is -2.53. The zero-order valence-corrected chi connectivity index (χ0v) is 15.4. The van der Waals surface area contributed by atoms with Gasteiger partial charge in [0.25, 0.3) is 0 Å². The zero-order valence-electron chi connectivity index (χ0n) is 15.4. The third-order valence-electron chi connectivity index (χ3n) is 6.69. The Hall–Kier alpha value is -0.575. The summed E-state index contributed by atoms with van der Waals surface area (Å²) in [5, 5.41) is 0. The predicted octanol–water partition coefficient (Wildman–Crippen LogP) is 4.36. The normalized spacial score (nSPS) is 31.4. The van der Waals surface area contributed by atoms with Gasteiger partial charge in [-0.05, 0) is 39.8 Å². The maximum Gasteiger partial charge on any atom is 0.469 e. The largest absolute Gasteiger partial charge is 0.469 e. The van der Waals surface area contributed by atoms with Crippen LogP contribution in [-0.4, -0.2) is 43.9 Å². The summed E-state index contributed by atoms with van der Waals surface area (Å²) >= 11 is 0. The highest BCUT2D eigenvalue weighted by atomic mass is 16.7. The van der Waals surface area contributed by atoms with E-state index in [-0.39, 0.29) is 18.3 Å². The topological polar surface area (TPSA) is 21.7 Å². The van der Waals surface area contributed by atoms with E-state index in [1.54, 1.807) is 0 Å². The average Bonchev–Trinajstić information content (AvgIpc) is 3.13. The Labute approximate surface area is 147 Å². The highest BCUT2D eigenvalue weighted by molar-refractivity contribution is 6.49. The van der Waals surface area contributed by atoms with Crippen LogP contribution in [0.5, 0.6) is 0 Å². The highest BCUT2D eigenvalue weighted by Crippen LogP contribution is 2.55. The first-order valence-electron chi connectivity index (χ1n) is 10.0. The summed E-state index contributed by atoms with van der Waals surface area (Å²) in [6.45, 7) is 0.987. The molecule has 0 amide bonds. The van der Waals surface area contributed by atoms with E-state index in [0.717, 1.165) is 6.54 Å². The second-order valence-electron chi connectivity index (χ2n) is 8.60. The van der Waals surface area contributed by atoms with Crippen LogP contribution in [0.1, 0.15) is 64.2 Å². The van der Waals surface area contributed by atoms with E-state index in [4.69, 9.17) is 9.31 Å². The first-order chi connectivity index (χ1) is 11.6. The van der Waals surface area contributed by atoms with E-state index in [9.17, 15) is 0 Å². The van der Waals surface area contributed by atoms with Crippen LogP contribution in [0.4, 0.5) is 0 Å². The molecule has 1 aliphatic heterocycles. The van der Waals surface area contributed by atoms with Gasteiger partial charge in [-0.2, -0.15) is 0 Å². The van der Waals surface area contributed by atoms with Crippen LogP contribution >= 0.6 is 0 Å². The van der Waals surface area contributed by atoms with E-state index in [1.165, 1.54) is 69.8 Å². The summed E-state index contributed by atoms with van der Waals surface area (Å²) in [6, 6.07) is 0. The van der Waals surface area contributed by atoms with Crippen molar-refractivity contribution >= 4 is 7.12 Å². The Morgan fingerprint density at radius 2 is 1.50 bits per heavy atom. The van der Waals surface area contributed by atoms with Gasteiger partial charge in [0.15, 0.2) is 0 Å². The Kier molecular flexibility index (Phi) is 4.66. The van der Waals surface area contributed by atoms with Crippen molar-refractivity contribution in [3.8, 4) is 0 Å². The van der Waals surface area contributed by atoms with Crippen LogP contribution in [0.3, 0.4) is 0 Å². The molecule has 2 saturated carbocycles. The molecule has 0 aromatic rings. The fourth-order valence-electron chi connectivity index (χ4n) is 5.55. The number of hydrogen-bond acceptors (Lipinski definition) is 3. The maximum absolute atomic E-state index is 6.85. The molecule has 0 N–H and O–H groups in total. The summed E-state index contributed by atoms with van der Waals surface area (Å²) in [5.74, 6) is 0.299. The minimum Gasteiger partial charge on any atom is -0.402 e. The molecule has 3 nitrogen and oxygen atoms in total. The lowest BCUT2D eigenvalue weighted by molar-refractivity contribution is -0.0923. The lowest BCUT2D eigenvalue weighted by atomic mass is 9.66. The number of fused-ring (bicyclic) bond motifs is 1. The Bertz CT molecular complexity index is 490. The smallest absolute Gasteiger partial charge is 0.402 e. The van der Waals surface area contributed by atoms with Gasteiger partial charge in [0.1, 0.15) is 0 Å². The van der Waals surface area contributed by atoms with Crippen LogP contribution in [0.2, 0.25) is 5.82 Å². The Morgan fingerprint density at radius 1 is 0.958 bits per heavy atom. The zero-order chi connectivity index (χ0) is 16.6. The van der Waals surface area contributed by atoms with E-state index in [2.05, 4.69) is 37.2 Å². The third kappa shape index (κ3) is 2.81. The van der Waals surface area contributed by atoms with Crippen molar-refractivity contribution in [3.05, 3.63) is 23.8 Å². The van der Waals surface area contributed by atoms with Crippen LogP contribution in [0.15, 0.2) is 23.8 Å². The molecule has 24 heavy (non-hydrogen) atoms. The standard InChI is InChI=1S/C20H32BNO2/c1-22(2)16-17-10-9-11-18(17)21-23-19(12-5-3-6-13-19)20(24-21)14-7-4-8-15-20/h9-11,18H,3-8,12-16H2,1-2H3. The fraction of sp³-hybridized carbons (Fsp3) is 0.800. The third-order valence-corrected chi connectivity index (χ3v) is 6.69. The van der Waals surface area contributed by atoms with Crippen LogP contribution in [0, 0.1) is 0 Å². The summed E-state index contributed by atoms with van der Waals surface area (Å²) in [5.41, 5.74) is 1.43. The molecule has 132 valence electrons. The molecular formula is C20H32BNO2. The summed E-state index contributed by atoms with van der Waals surface area (Å²) < 4.78 is 13.7. The van der Waals surface area contributed by atoms with Crippen molar-refractivity contribution in [3.63, 3.8) is 0 Å². The van der Waals surface area contributed by atoms with Crippen LogP contribution in [0.25, 0.3) is 0 Å². The fourth-order valence-corrected chi connectivity index (χ4v) is 5.55. The van der Waals surface area contributed by atoms with E-state index in [0.29, 0.717) is 5.82 Å². The van der Waals surface area contributed by atoms with Crippen molar-refractivity contribution in [1.82, 2.24) is 4.90 Å². The summed E-state index contributed by atoms with van der Waals surface area (Å²) in [6.07, 6.45) is 19.5. The number of likely N-dealkylation sites (N-methyl/N-ethyl adjacent to an activating group) is 1. The van der Waals surface area contributed by atoms with Crippen molar-refractivity contribution in [2.24, 2.45) is 0 Å². The van der Waals surface area contributed by atoms with Gasteiger partial charge in [-0.1, -0.05) is 62.3 Å². The van der Waals surface area contributed by atoms with Gasteiger partial charge >= 0.3 is 7.12 Å². The number of hydrogen-bond donors (Lipinski definition) is 0. The molecule has 4 rings (SSSR count). The SMILES string of the molecule is CN(C)CC1=CC=CC1B1OC2(CCCCC2)C2(CCCCC2)O1. The second kappa shape index (κ2) is 6.62.